The van der Waals surface area contributed by atoms with Crippen LogP contribution < -0.4 is 5.32 Å². The first-order chi connectivity index (χ1) is 12.2. The molecule has 7 heteroatoms. The molecular weight excluding hydrogens is 354 g/mol. The van der Waals surface area contributed by atoms with Gasteiger partial charge < -0.3 is 5.32 Å². The molecule has 0 radical (unpaired) electrons. The maximum Gasteiger partial charge on any atom is 0.280 e. The highest BCUT2D eigenvalue weighted by atomic mass is 32.1. The van der Waals surface area contributed by atoms with E-state index in [2.05, 4.69) is 22.2 Å². The smallest absolute Gasteiger partial charge is 0.280 e. The molecule has 0 saturated carbocycles. The van der Waals surface area contributed by atoms with Crippen LogP contribution in [0.1, 0.15) is 52.2 Å². The summed E-state index contributed by atoms with van der Waals surface area (Å²) in [4.78, 5) is 33.7. The molecule has 2 aromatic heterocycles. The van der Waals surface area contributed by atoms with Gasteiger partial charge in [-0.1, -0.05) is 38.3 Å². The van der Waals surface area contributed by atoms with Gasteiger partial charge in [0.05, 0.1) is 16.3 Å². The van der Waals surface area contributed by atoms with Gasteiger partial charge in [0.15, 0.2) is 10.0 Å². The average Bonchev–Trinajstić information content (AvgIpc) is 3.29. The Morgan fingerprint density at radius 2 is 2.04 bits per heavy atom. The molecule has 5 nitrogen and oxygen atoms in total. The second kappa shape index (κ2) is 8.31. The minimum absolute atomic E-state index is 0.123. The van der Waals surface area contributed by atoms with Gasteiger partial charge in [0.2, 0.25) is 5.78 Å². The van der Waals surface area contributed by atoms with Gasteiger partial charge in [0, 0.05) is 11.6 Å². The van der Waals surface area contributed by atoms with Gasteiger partial charge in [-0.2, -0.15) is 0 Å². The lowest BCUT2D eigenvalue weighted by molar-refractivity contribution is 0.0851. The van der Waals surface area contributed by atoms with E-state index in [0.717, 1.165) is 29.5 Å². The van der Waals surface area contributed by atoms with Crippen LogP contribution in [0.15, 0.2) is 35.8 Å². The first-order valence-electron chi connectivity index (χ1n) is 8.29. The predicted octanol–water partition coefficient (Wildman–Crippen LogP) is 4.31. The molecule has 3 rings (SSSR count). The molecule has 0 spiro atoms. The van der Waals surface area contributed by atoms with Gasteiger partial charge in [-0.05, 0) is 18.6 Å². The van der Waals surface area contributed by atoms with Crippen molar-refractivity contribution < 1.29 is 9.59 Å². The summed E-state index contributed by atoms with van der Waals surface area (Å²) in [7, 11) is 0. The summed E-state index contributed by atoms with van der Waals surface area (Å²) in [6.07, 6.45) is 5.16. The zero-order valence-corrected chi connectivity index (χ0v) is 15.5. The van der Waals surface area contributed by atoms with Gasteiger partial charge in [-0.25, -0.2) is 9.97 Å². The Bertz CT molecular complexity index is 825. The van der Waals surface area contributed by atoms with E-state index in [0.29, 0.717) is 16.4 Å². The maximum atomic E-state index is 12.9. The Hall–Kier alpha value is -2.12. The molecule has 0 saturated heterocycles. The van der Waals surface area contributed by atoms with Gasteiger partial charge in [-0.15, -0.1) is 22.7 Å². The van der Waals surface area contributed by atoms with Crippen molar-refractivity contribution in [3.05, 3.63) is 45.9 Å². The van der Waals surface area contributed by atoms with Crippen molar-refractivity contribution in [1.29, 1.82) is 0 Å². The number of hydrogen-bond donors (Lipinski definition) is 1. The first kappa shape index (κ1) is 17.7. The third-order valence-electron chi connectivity index (χ3n) is 3.85. The molecule has 0 aliphatic carbocycles. The molecule has 1 amide bonds. The molecule has 0 aliphatic heterocycles. The van der Waals surface area contributed by atoms with Crippen molar-refractivity contribution >= 4 is 44.6 Å². The molecule has 0 bridgehead atoms. The number of Topliss-reactive ketones (excluding diaryl/α,β-unsaturated/α-hetero) is 1. The van der Waals surface area contributed by atoms with Crippen LogP contribution in [0.25, 0.3) is 10.2 Å². The molecule has 1 aromatic carbocycles. The van der Waals surface area contributed by atoms with E-state index in [9.17, 15) is 9.59 Å². The summed E-state index contributed by atoms with van der Waals surface area (Å²) in [6.45, 7) is 2.11. The quantitative estimate of drug-likeness (QED) is 0.472. The van der Waals surface area contributed by atoms with Gasteiger partial charge in [-0.3, -0.25) is 9.59 Å². The van der Waals surface area contributed by atoms with E-state index in [1.54, 1.807) is 11.6 Å². The van der Waals surface area contributed by atoms with E-state index >= 15 is 0 Å². The zero-order chi connectivity index (χ0) is 17.6. The largest absolute Gasteiger partial charge is 0.340 e. The van der Waals surface area contributed by atoms with Crippen molar-refractivity contribution in [3.8, 4) is 0 Å². The number of para-hydroxylation sites is 1. The van der Waals surface area contributed by atoms with Crippen molar-refractivity contribution in [2.45, 2.75) is 38.6 Å². The van der Waals surface area contributed by atoms with Crippen molar-refractivity contribution in [1.82, 2.24) is 15.3 Å². The monoisotopic (exact) mass is 373 g/mol. The summed E-state index contributed by atoms with van der Waals surface area (Å²) in [5.74, 6) is -0.423. The molecule has 3 aromatic rings. The standard InChI is InChI=1S/C18H19N3O2S2/c1-2-3-4-8-13(20-16(23)18-19-10-11-24-18)15(22)17-21-12-7-5-6-9-14(12)25-17/h5-7,9-11,13H,2-4,8H2,1H3,(H,20,23). The molecule has 0 aliphatic rings. The molecule has 1 unspecified atom stereocenters. The highest BCUT2D eigenvalue weighted by Gasteiger charge is 2.25. The van der Waals surface area contributed by atoms with E-state index in [1.165, 1.54) is 22.7 Å². The number of amides is 1. The van der Waals surface area contributed by atoms with E-state index in [1.807, 2.05) is 24.3 Å². The van der Waals surface area contributed by atoms with Crippen LogP contribution in [-0.2, 0) is 0 Å². The Morgan fingerprint density at radius 3 is 2.76 bits per heavy atom. The van der Waals surface area contributed by atoms with E-state index < -0.39 is 6.04 Å². The summed E-state index contributed by atoms with van der Waals surface area (Å²) in [6, 6.07) is 7.10. The lowest BCUT2D eigenvalue weighted by atomic mass is 10.0. The Kier molecular flexibility index (Phi) is 5.88. The number of aromatic nitrogens is 2. The number of hydrogen-bond acceptors (Lipinski definition) is 6. The lowest BCUT2D eigenvalue weighted by Crippen LogP contribution is -2.40. The normalized spacial score (nSPS) is 12.2. The highest BCUT2D eigenvalue weighted by Crippen LogP contribution is 2.23. The number of thiazole rings is 2. The molecule has 25 heavy (non-hydrogen) atoms. The molecule has 2 heterocycles. The third-order valence-corrected chi connectivity index (χ3v) is 5.67. The molecule has 0 fully saturated rings. The van der Waals surface area contributed by atoms with Crippen LogP contribution >= 0.6 is 22.7 Å². The number of nitrogens with one attached hydrogen (secondary N) is 1. The number of fused-ring (bicyclic) bond motifs is 1. The Labute approximate surface area is 154 Å². The minimum atomic E-state index is -0.566. The Morgan fingerprint density at radius 1 is 1.20 bits per heavy atom. The molecule has 1 N–H and O–H groups in total. The second-order valence-corrected chi connectivity index (χ2v) is 7.64. The van der Waals surface area contributed by atoms with Crippen molar-refractivity contribution in [3.63, 3.8) is 0 Å². The fourth-order valence-electron chi connectivity index (χ4n) is 2.55. The van der Waals surface area contributed by atoms with Crippen LogP contribution in [-0.4, -0.2) is 27.7 Å². The van der Waals surface area contributed by atoms with Crippen LogP contribution in [0.4, 0.5) is 0 Å². The van der Waals surface area contributed by atoms with Crippen LogP contribution in [0.3, 0.4) is 0 Å². The number of rotatable bonds is 8. The maximum absolute atomic E-state index is 12.9. The number of nitrogens with zero attached hydrogens (tertiary/aromatic N) is 2. The number of unbranched alkanes of at least 4 members (excludes halogenated alkanes) is 2. The first-order valence-corrected chi connectivity index (χ1v) is 9.98. The number of benzene rings is 1. The Balaban J connectivity index is 1.79. The van der Waals surface area contributed by atoms with Gasteiger partial charge in [0.1, 0.15) is 0 Å². The number of carbonyl (C=O) groups is 2. The SMILES string of the molecule is CCCCCC(NC(=O)c1nccs1)C(=O)c1nc2ccccc2s1. The molecule has 130 valence electrons. The fourth-order valence-corrected chi connectivity index (χ4v) is 4.05. The van der Waals surface area contributed by atoms with E-state index in [-0.39, 0.29) is 11.7 Å². The number of ketones is 1. The van der Waals surface area contributed by atoms with Crippen molar-refractivity contribution in [2.75, 3.05) is 0 Å². The van der Waals surface area contributed by atoms with Gasteiger partial charge >= 0.3 is 0 Å². The summed E-state index contributed by atoms with van der Waals surface area (Å²) in [5.41, 5.74) is 0.814. The van der Waals surface area contributed by atoms with Crippen LogP contribution in [0, 0.1) is 0 Å². The molecular formula is C18H19N3O2S2. The van der Waals surface area contributed by atoms with Crippen molar-refractivity contribution in [2.24, 2.45) is 0 Å². The zero-order valence-electron chi connectivity index (χ0n) is 13.9. The summed E-state index contributed by atoms with van der Waals surface area (Å²) < 4.78 is 0.976. The lowest BCUT2D eigenvalue weighted by Gasteiger charge is -2.15. The van der Waals surface area contributed by atoms with Crippen LogP contribution in [0.5, 0.6) is 0 Å². The minimum Gasteiger partial charge on any atom is -0.340 e. The average molecular weight is 374 g/mol. The second-order valence-electron chi connectivity index (χ2n) is 5.71. The fraction of sp³-hybridized carbons (Fsp3) is 0.333. The van der Waals surface area contributed by atoms with E-state index in [4.69, 9.17) is 0 Å². The third kappa shape index (κ3) is 4.29. The van der Waals surface area contributed by atoms with Crippen LogP contribution in [0.2, 0.25) is 0 Å². The summed E-state index contributed by atoms with van der Waals surface area (Å²) in [5, 5.41) is 5.41. The predicted molar refractivity (Wildman–Crippen MR) is 101 cm³/mol. The summed E-state index contributed by atoms with van der Waals surface area (Å²) >= 11 is 2.64. The van der Waals surface area contributed by atoms with Gasteiger partial charge in [0.25, 0.3) is 5.91 Å². The topological polar surface area (TPSA) is 72.0 Å². The highest BCUT2D eigenvalue weighted by molar-refractivity contribution is 7.20. The molecule has 1 atom stereocenters. The number of carbonyl (C=O) groups excluding carboxylic acids is 2.